The van der Waals surface area contributed by atoms with Crippen molar-refractivity contribution in [3.63, 3.8) is 0 Å². The van der Waals surface area contributed by atoms with Crippen molar-refractivity contribution in [2.45, 2.75) is 37.6 Å². The summed E-state index contributed by atoms with van der Waals surface area (Å²) in [6.45, 7) is 4.16. The number of carbonyl (C=O) groups is 1. The molecule has 4 heteroatoms. The van der Waals surface area contributed by atoms with E-state index in [-0.39, 0.29) is 11.9 Å². The van der Waals surface area contributed by atoms with Crippen molar-refractivity contribution in [2.24, 2.45) is 0 Å². The Labute approximate surface area is 147 Å². The summed E-state index contributed by atoms with van der Waals surface area (Å²) in [6, 6.07) is 16.1. The second kappa shape index (κ2) is 8.99. The van der Waals surface area contributed by atoms with Crippen LogP contribution in [0.5, 0.6) is 0 Å². The molecular formula is C19H22ClNOS. The Morgan fingerprint density at radius 3 is 2.39 bits per heavy atom. The molecule has 2 aromatic rings. The maximum absolute atomic E-state index is 12.2. The van der Waals surface area contributed by atoms with Crippen LogP contribution in [0, 0.1) is 6.92 Å². The number of carbonyl (C=O) groups excluding carboxylic acids is 1. The number of benzene rings is 2. The van der Waals surface area contributed by atoms with Crippen LogP contribution in [0.1, 0.15) is 36.9 Å². The molecule has 2 nitrogen and oxygen atoms in total. The molecule has 0 bridgehead atoms. The van der Waals surface area contributed by atoms with Crippen LogP contribution < -0.4 is 5.32 Å². The lowest BCUT2D eigenvalue weighted by molar-refractivity contribution is -0.121. The third-order valence-corrected chi connectivity index (χ3v) is 4.90. The van der Waals surface area contributed by atoms with Crippen molar-refractivity contribution in [3.05, 3.63) is 64.7 Å². The van der Waals surface area contributed by atoms with Crippen LogP contribution in [0.15, 0.2) is 53.4 Å². The fourth-order valence-corrected chi connectivity index (χ4v) is 3.26. The molecule has 0 heterocycles. The molecule has 0 fully saturated rings. The number of hydrogen-bond acceptors (Lipinski definition) is 2. The Morgan fingerprint density at radius 1 is 1.13 bits per heavy atom. The van der Waals surface area contributed by atoms with Gasteiger partial charge < -0.3 is 5.32 Å². The van der Waals surface area contributed by atoms with Crippen molar-refractivity contribution < 1.29 is 4.79 Å². The Morgan fingerprint density at radius 2 is 1.78 bits per heavy atom. The maximum Gasteiger partial charge on any atom is 0.221 e. The van der Waals surface area contributed by atoms with E-state index in [0.29, 0.717) is 6.42 Å². The van der Waals surface area contributed by atoms with Gasteiger partial charge in [-0.25, -0.2) is 0 Å². The van der Waals surface area contributed by atoms with Crippen molar-refractivity contribution in [1.82, 2.24) is 5.32 Å². The number of halogens is 1. The highest BCUT2D eigenvalue weighted by atomic mass is 35.5. The molecule has 0 saturated heterocycles. The van der Waals surface area contributed by atoms with Gasteiger partial charge in [0.2, 0.25) is 5.91 Å². The van der Waals surface area contributed by atoms with Crippen LogP contribution in [0.3, 0.4) is 0 Å². The summed E-state index contributed by atoms with van der Waals surface area (Å²) in [6.07, 6.45) is 1.40. The van der Waals surface area contributed by atoms with Gasteiger partial charge in [0.15, 0.2) is 0 Å². The first-order valence-corrected chi connectivity index (χ1v) is 9.19. The molecule has 0 aliphatic rings. The summed E-state index contributed by atoms with van der Waals surface area (Å²) in [5.74, 6) is 0.858. The van der Waals surface area contributed by atoms with Crippen LogP contribution in [-0.4, -0.2) is 11.7 Å². The van der Waals surface area contributed by atoms with Gasteiger partial charge in [-0.2, -0.15) is 0 Å². The number of thioether (sulfide) groups is 1. The van der Waals surface area contributed by atoms with E-state index in [1.54, 1.807) is 11.8 Å². The van der Waals surface area contributed by atoms with Gasteiger partial charge in [0, 0.05) is 22.1 Å². The van der Waals surface area contributed by atoms with E-state index in [2.05, 4.69) is 43.4 Å². The van der Waals surface area contributed by atoms with E-state index in [1.807, 2.05) is 24.3 Å². The molecule has 1 N–H and O–H groups in total. The largest absolute Gasteiger partial charge is 0.349 e. The molecule has 0 spiro atoms. The van der Waals surface area contributed by atoms with Gasteiger partial charge in [-0.15, -0.1) is 11.8 Å². The molecular weight excluding hydrogens is 326 g/mol. The minimum Gasteiger partial charge on any atom is -0.349 e. The summed E-state index contributed by atoms with van der Waals surface area (Å²) in [7, 11) is 0. The second-order valence-electron chi connectivity index (χ2n) is 5.49. The first-order chi connectivity index (χ1) is 11.1. The summed E-state index contributed by atoms with van der Waals surface area (Å²) >= 11 is 7.53. The number of rotatable bonds is 7. The van der Waals surface area contributed by atoms with Gasteiger partial charge in [0.25, 0.3) is 0 Å². The molecule has 0 unspecified atom stereocenters. The van der Waals surface area contributed by atoms with Crippen LogP contribution >= 0.6 is 23.4 Å². The van der Waals surface area contributed by atoms with Crippen LogP contribution in [0.2, 0.25) is 5.02 Å². The summed E-state index contributed by atoms with van der Waals surface area (Å²) in [5, 5.41) is 3.86. The third kappa shape index (κ3) is 5.92. The Balaban J connectivity index is 1.80. The van der Waals surface area contributed by atoms with E-state index in [1.165, 1.54) is 5.56 Å². The standard InChI is InChI=1S/C19H22ClNOS/c1-3-18(15-6-4-14(2)5-7-15)21-19(22)12-13-23-17-10-8-16(20)9-11-17/h4-11,18H,3,12-13H2,1-2H3,(H,21,22)/t18-/m0/s1. The molecule has 0 radical (unpaired) electrons. The zero-order valence-electron chi connectivity index (χ0n) is 13.5. The zero-order valence-corrected chi connectivity index (χ0v) is 15.1. The predicted octanol–water partition coefficient (Wildman–Crippen LogP) is 5.40. The van der Waals surface area contributed by atoms with Gasteiger partial charge >= 0.3 is 0 Å². The summed E-state index contributed by atoms with van der Waals surface area (Å²) < 4.78 is 0. The molecule has 1 amide bonds. The van der Waals surface area contributed by atoms with Crippen molar-refractivity contribution in [2.75, 3.05) is 5.75 Å². The molecule has 0 aromatic heterocycles. The van der Waals surface area contributed by atoms with Gasteiger partial charge in [0.1, 0.15) is 0 Å². The molecule has 2 rings (SSSR count). The highest BCUT2D eigenvalue weighted by Crippen LogP contribution is 2.21. The average molecular weight is 348 g/mol. The monoisotopic (exact) mass is 347 g/mol. The summed E-state index contributed by atoms with van der Waals surface area (Å²) in [4.78, 5) is 13.3. The molecule has 0 aliphatic carbocycles. The van der Waals surface area contributed by atoms with Crippen LogP contribution in [0.4, 0.5) is 0 Å². The Kier molecular flexibility index (Phi) is 7.00. The second-order valence-corrected chi connectivity index (χ2v) is 7.10. The first-order valence-electron chi connectivity index (χ1n) is 7.82. The molecule has 0 aliphatic heterocycles. The summed E-state index contributed by atoms with van der Waals surface area (Å²) in [5.41, 5.74) is 2.39. The lowest BCUT2D eigenvalue weighted by Gasteiger charge is -2.17. The van der Waals surface area contributed by atoms with Gasteiger partial charge in [-0.1, -0.05) is 48.4 Å². The quantitative estimate of drug-likeness (QED) is 0.679. The smallest absolute Gasteiger partial charge is 0.221 e. The maximum atomic E-state index is 12.2. The van der Waals surface area contributed by atoms with Crippen molar-refractivity contribution >= 4 is 29.3 Å². The fourth-order valence-electron chi connectivity index (χ4n) is 2.28. The predicted molar refractivity (Wildman–Crippen MR) is 99.1 cm³/mol. The average Bonchev–Trinajstić information content (AvgIpc) is 2.55. The molecule has 0 saturated carbocycles. The lowest BCUT2D eigenvalue weighted by atomic mass is 10.0. The zero-order chi connectivity index (χ0) is 16.7. The van der Waals surface area contributed by atoms with Crippen LogP contribution in [0.25, 0.3) is 0 Å². The normalized spacial score (nSPS) is 12.0. The van der Waals surface area contributed by atoms with E-state index in [9.17, 15) is 4.79 Å². The van der Waals surface area contributed by atoms with E-state index < -0.39 is 0 Å². The minimum atomic E-state index is 0.0867. The number of nitrogens with one attached hydrogen (secondary N) is 1. The first kappa shape index (κ1) is 17.9. The van der Waals surface area contributed by atoms with E-state index >= 15 is 0 Å². The van der Waals surface area contributed by atoms with E-state index in [4.69, 9.17) is 11.6 Å². The highest BCUT2D eigenvalue weighted by Gasteiger charge is 2.12. The SMILES string of the molecule is CC[C@H](NC(=O)CCSc1ccc(Cl)cc1)c1ccc(C)cc1. The van der Waals surface area contributed by atoms with Gasteiger partial charge in [-0.3, -0.25) is 4.79 Å². The van der Waals surface area contributed by atoms with E-state index in [0.717, 1.165) is 27.7 Å². The molecule has 2 aromatic carbocycles. The molecule has 1 atom stereocenters. The van der Waals surface area contributed by atoms with Gasteiger partial charge in [0.05, 0.1) is 6.04 Å². The fraction of sp³-hybridized carbons (Fsp3) is 0.316. The molecule has 122 valence electrons. The van der Waals surface area contributed by atoms with Crippen molar-refractivity contribution in [1.29, 1.82) is 0 Å². The minimum absolute atomic E-state index is 0.0867. The topological polar surface area (TPSA) is 29.1 Å². The number of hydrogen-bond donors (Lipinski definition) is 1. The molecule has 23 heavy (non-hydrogen) atoms. The lowest BCUT2D eigenvalue weighted by Crippen LogP contribution is -2.28. The Bertz CT molecular complexity index is 625. The number of amides is 1. The van der Waals surface area contributed by atoms with Crippen molar-refractivity contribution in [3.8, 4) is 0 Å². The van der Waals surface area contributed by atoms with Crippen LogP contribution in [-0.2, 0) is 4.79 Å². The van der Waals surface area contributed by atoms with Gasteiger partial charge in [-0.05, 0) is 43.2 Å². The Hall–Kier alpha value is -1.45. The third-order valence-electron chi connectivity index (χ3n) is 3.63. The number of aryl methyl sites for hydroxylation is 1. The highest BCUT2D eigenvalue weighted by molar-refractivity contribution is 7.99.